The second-order valence-corrected chi connectivity index (χ2v) is 9.69. The zero-order valence-electron chi connectivity index (χ0n) is 21.8. The summed E-state index contributed by atoms with van der Waals surface area (Å²) in [6.07, 6.45) is -4.80. The third-order valence-electron chi connectivity index (χ3n) is 6.47. The normalized spacial score (nSPS) is 24.0. The van der Waals surface area contributed by atoms with Crippen LogP contribution in [0.1, 0.15) is 55.0 Å². The Hall–Kier alpha value is -2.25. The molecule has 37 heavy (non-hydrogen) atoms. The van der Waals surface area contributed by atoms with Crippen LogP contribution in [-0.4, -0.2) is 99.3 Å². The first kappa shape index (κ1) is 29.3. The number of benzene rings is 1. The molecular weight excluding hydrogens is 482 g/mol. The van der Waals surface area contributed by atoms with E-state index in [0.29, 0.717) is 13.0 Å². The maximum Gasteiger partial charge on any atom is 0.238 e. The molecule has 1 aromatic heterocycles. The van der Waals surface area contributed by atoms with Gasteiger partial charge in [0.05, 0.1) is 13.2 Å². The fourth-order valence-corrected chi connectivity index (χ4v) is 4.24. The predicted octanol–water partition coefficient (Wildman–Crippen LogP) is 0.352. The van der Waals surface area contributed by atoms with Crippen molar-refractivity contribution < 1.29 is 39.7 Å². The summed E-state index contributed by atoms with van der Waals surface area (Å²) < 4.78 is 17.3. The van der Waals surface area contributed by atoms with E-state index >= 15 is 0 Å². The zero-order valence-corrected chi connectivity index (χ0v) is 21.8. The number of rotatable bonds is 14. The molecule has 0 saturated carbocycles. The number of aryl methyl sites for hydroxylation is 1. The van der Waals surface area contributed by atoms with E-state index in [-0.39, 0.29) is 18.4 Å². The Morgan fingerprint density at radius 3 is 2.51 bits per heavy atom. The number of aliphatic hydroxyl groups is 5. The van der Waals surface area contributed by atoms with E-state index < -0.39 is 37.3 Å². The van der Waals surface area contributed by atoms with Crippen LogP contribution in [0.3, 0.4) is 0 Å². The summed E-state index contributed by atoms with van der Waals surface area (Å²) >= 11 is 0. The van der Waals surface area contributed by atoms with Crippen LogP contribution in [0.25, 0.3) is 0 Å². The minimum atomic E-state index is -1.53. The fraction of sp³-hybridized carbons (Fsp3) is 0.654. The third kappa shape index (κ3) is 7.64. The van der Waals surface area contributed by atoms with Gasteiger partial charge in [-0.05, 0) is 62.0 Å². The van der Waals surface area contributed by atoms with Gasteiger partial charge in [-0.2, -0.15) is 0 Å². The molecule has 11 nitrogen and oxygen atoms in total. The monoisotopic (exact) mass is 523 g/mol. The Morgan fingerprint density at radius 1 is 1.08 bits per heavy atom. The maximum absolute atomic E-state index is 10.4. The summed E-state index contributed by atoms with van der Waals surface area (Å²) in [5.74, 6) is 1.12. The van der Waals surface area contributed by atoms with Gasteiger partial charge in [0.1, 0.15) is 30.2 Å². The molecular formula is C26H41N3O8. The standard InChI is InChI=1S/C26H41N3O8/c1-15(2)21-19(25(29-28-21)37-26-24(34)23(33)22(32)20(14-31)36-26)13-17-6-7-18(12-16(17)3)35-11-5-9-27-8-4-10-30/h6-7,12,15,20,22-24,26-27,30-34H,4-5,8-11,13-14H2,1-3H3,(H,28,29)/t20-,22+,23+,24-,26+/m1/s1. The van der Waals surface area contributed by atoms with Gasteiger partial charge in [-0.1, -0.05) is 19.9 Å². The topological polar surface area (TPSA) is 170 Å². The molecule has 208 valence electrons. The Morgan fingerprint density at radius 2 is 1.84 bits per heavy atom. The molecule has 0 spiro atoms. The molecule has 3 rings (SSSR count). The fourth-order valence-electron chi connectivity index (χ4n) is 4.24. The lowest BCUT2D eigenvalue weighted by Crippen LogP contribution is -2.60. The van der Waals surface area contributed by atoms with Crippen LogP contribution in [0.5, 0.6) is 11.6 Å². The van der Waals surface area contributed by atoms with Crippen LogP contribution in [0.4, 0.5) is 0 Å². The number of nitrogens with zero attached hydrogens (tertiary/aromatic N) is 1. The van der Waals surface area contributed by atoms with Crippen molar-refractivity contribution in [2.24, 2.45) is 0 Å². The van der Waals surface area contributed by atoms with E-state index in [1.807, 2.05) is 39.0 Å². The molecule has 1 aliphatic rings. The molecule has 5 atom stereocenters. The first-order valence-electron chi connectivity index (χ1n) is 12.8. The van der Waals surface area contributed by atoms with Crippen molar-refractivity contribution in [3.05, 3.63) is 40.6 Å². The average Bonchev–Trinajstić information content (AvgIpc) is 3.27. The summed E-state index contributed by atoms with van der Waals surface area (Å²) in [6, 6.07) is 5.91. The minimum absolute atomic E-state index is 0.114. The number of aromatic amines is 1. The molecule has 0 bridgehead atoms. The van der Waals surface area contributed by atoms with Gasteiger partial charge in [-0.15, -0.1) is 5.10 Å². The highest BCUT2D eigenvalue weighted by Crippen LogP contribution is 2.32. The van der Waals surface area contributed by atoms with Crippen molar-refractivity contribution in [3.63, 3.8) is 0 Å². The molecule has 0 aliphatic carbocycles. The number of hydrogen-bond donors (Lipinski definition) is 7. The van der Waals surface area contributed by atoms with Crippen molar-refractivity contribution in [1.82, 2.24) is 15.5 Å². The molecule has 0 amide bonds. The number of H-pyrrole nitrogens is 1. The highest BCUT2D eigenvalue weighted by molar-refractivity contribution is 5.42. The van der Waals surface area contributed by atoms with Crippen LogP contribution in [-0.2, 0) is 11.2 Å². The van der Waals surface area contributed by atoms with Gasteiger partial charge in [-0.25, -0.2) is 0 Å². The van der Waals surface area contributed by atoms with Crippen molar-refractivity contribution >= 4 is 0 Å². The predicted molar refractivity (Wildman–Crippen MR) is 136 cm³/mol. The van der Waals surface area contributed by atoms with Crippen molar-refractivity contribution in [2.75, 3.05) is 32.9 Å². The SMILES string of the molecule is Cc1cc(OCCCNCCCO)ccc1Cc1c(O[C@@H]2O[C@H](CO)[C@H](O)[C@H](O)[C@H]2O)n[nH]c1C(C)C. The number of nitrogens with one attached hydrogen (secondary N) is 2. The summed E-state index contributed by atoms with van der Waals surface area (Å²) in [5.41, 5.74) is 3.74. The van der Waals surface area contributed by atoms with E-state index in [9.17, 15) is 20.4 Å². The van der Waals surface area contributed by atoms with Crippen LogP contribution in [0.2, 0.25) is 0 Å². The van der Waals surface area contributed by atoms with Gasteiger partial charge >= 0.3 is 0 Å². The van der Waals surface area contributed by atoms with Crippen LogP contribution >= 0.6 is 0 Å². The van der Waals surface area contributed by atoms with Gasteiger partial charge in [0, 0.05) is 24.3 Å². The molecule has 1 aromatic carbocycles. The van der Waals surface area contributed by atoms with Crippen LogP contribution < -0.4 is 14.8 Å². The molecule has 1 aliphatic heterocycles. The minimum Gasteiger partial charge on any atom is -0.494 e. The van der Waals surface area contributed by atoms with E-state index in [0.717, 1.165) is 54.1 Å². The lowest BCUT2D eigenvalue weighted by atomic mass is 9.96. The molecule has 2 aromatic rings. The van der Waals surface area contributed by atoms with Gasteiger partial charge in [0.25, 0.3) is 0 Å². The molecule has 11 heteroatoms. The van der Waals surface area contributed by atoms with Crippen molar-refractivity contribution in [1.29, 1.82) is 0 Å². The molecule has 1 saturated heterocycles. The molecule has 2 heterocycles. The molecule has 7 N–H and O–H groups in total. The average molecular weight is 524 g/mol. The maximum atomic E-state index is 10.4. The van der Waals surface area contributed by atoms with Gasteiger partial charge < -0.3 is 45.1 Å². The summed E-state index contributed by atoms with van der Waals surface area (Å²) in [5, 5.41) is 59.4. The zero-order chi connectivity index (χ0) is 26.9. The van der Waals surface area contributed by atoms with Gasteiger partial charge in [0.15, 0.2) is 0 Å². The largest absolute Gasteiger partial charge is 0.494 e. The summed E-state index contributed by atoms with van der Waals surface area (Å²) in [7, 11) is 0. The first-order chi connectivity index (χ1) is 17.8. The van der Waals surface area contributed by atoms with Gasteiger partial charge in [0.2, 0.25) is 12.2 Å². The number of ether oxygens (including phenoxy) is 3. The van der Waals surface area contributed by atoms with E-state index in [2.05, 4.69) is 15.5 Å². The third-order valence-corrected chi connectivity index (χ3v) is 6.47. The van der Waals surface area contributed by atoms with E-state index in [1.54, 1.807) is 0 Å². The number of hydrogen-bond acceptors (Lipinski definition) is 10. The van der Waals surface area contributed by atoms with E-state index in [4.69, 9.17) is 19.3 Å². The van der Waals surface area contributed by atoms with Crippen molar-refractivity contribution in [3.8, 4) is 11.6 Å². The Kier molecular flexibility index (Phi) is 11.1. The second kappa shape index (κ2) is 14.1. The number of aromatic nitrogens is 2. The van der Waals surface area contributed by atoms with Crippen LogP contribution in [0, 0.1) is 6.92 Å². The highest BCUT2D eigenvalue weighted by atomic mass is 16.7. The Bertz CT molecular complexity index is 967. The lowest BCUT2D eigenvalue weighted by Gasteiger charge is -2.39. The second-order valence-electron chi connectivity index (χ2n) is 9.69. The van der Waals surface area contributed by atoms with E-state index in [1.165, 1.54) is 0 Å². The first-order valence-corrected chi connectivity index (χ1v) is 12.8. The Labute approximate surface area is 217 Å². The molecule has 0 radical (unpaired) electrons. The van der Waals surface area contributed by atoms with Crippen molar-refractivity contribution in [2.45, 2.75) is 76.7 Å². The summed E-state index contributed by atoms with van der Waals surface area (Å²) in [4.78, 5) is 0. The smallest absolute Gasteiger partial charge is 0.238 e. The number of aliphatic hydroxyl groups excluding tert-OH is 5. The quantitative estimate of drug-likeness (QED) is 0.172. The Balaban J connectivity index is 1.68. The molecule has 1 fully saturated rings. The van der Waals surface area contributed by atoms with Gasteiger partial charge in [-0.3, -0.25) is 5.10 Å². The lowest BCUT2D eigenvalue weighted by molar-refractivity contribution is -0.278. The van der Waals surface area contributed by atoms with Crippen LogP contribution in [0.15, 0.2) is 18.2 Å². The molecule has 0 unspecified atom stereocenters. The summed E-state index contributed by atoms with van der Waals surface area (Å²) in [6.45, 7) is 7.91. The highest BCUT2D eigenvalue weighted by Gasteiger charge is 2.45.